The van der Waals surface area contributed by atoms with E-state index in [0.717, 1.165) is 16.1 Å². The number of rotatable bonds is 1. The third-order valence-corrected chi connectivity index (χ3v) is 2.89. The Kier molecular flexibility index (Phi) is 2.39. The molecule has 3 nitrogen and oxygen atoms in total. The van der Waals surface area contributed by atoms with Crippen molar-refractivity contribution in [3.8, 4) is 16.3 Å². The van der Waals surface area contributed by atoms with Crippen LogP contribution in [0.25, 0.3) is 10.6 Å². The van der Waals surface area contributed by atoms with Crippen molar-refractivity contribution in [1.29, 1.82) is 0 Å². The van der Waals surface area contributed by atoms with Crippen LogP contribution in [0.3, 0.4) is 0 Å². The van der Waals surface area contributed by atoms with Crippen LogP contribution in [0.1, 0.15) is 5.56 Å². The van der Waals surface area contributed by atoms with Gasteiger partial charge in [0.05, 0.1) is 0 Å². The Morgan fingerprint density at radius 3 is 2.71 bits per heavy atom. The molecule has 0 saturated carbocycles. The molecule has 0 radical (unpaired) electrons. The van der Waals surface area contributed by atoms with Crippen molar-refractivity contribution in [2.45, 2.75) is 6.92 Å². The Balaban J connectivity index is 2.52. The van der Waals surface area contributed by atoms with E-state index in [9.17, 15) is 5.11 Å². The van der Waals surface area contributed by atoms with Gasteiger partial charge in [0.25, 0.3) is 0 Å². The van der Waals surface area contributed by atoms with Crippen molar-refractivity contribution in [1.82, 2.24) is 10.2 Å². The van der Waals surface area contributed by atoms with Crippen LogP contribution >= 0.6 is 22.9 Å². The van der Waals surface area contributed by atoms with Gasteiger partial charge in [0.15, 0.2) is 0 Å². The second-order valence-electron chi connectivity index (χ2n) is 2.86. The standard InChI is InChI=1S/C9H7ClN2OS/c1-5-4-6(13)2-3-7(5)8-11-12-9(10)14-8/h2-4,13H,1H3. The van der Waals surface area contributed by atoms with E-state index in [2.05, 4.69) is 10.2 Å². The Bertz CT molecular complexity index is 470. The van der Waals surface area contributed by atoms with E-state index < -0.39 is 0 Å². The molecule has 0 amide bonds. The molecule has 1 heterocycles. The average molecular weight is 227 g/mol. The molecule has 0 spiro atoms. The first-order valence-corrected chi connectivity index (χ1v) is 5.15. The zero-order valence-electron chi connectivity index (χ0n) is 7.36. The fourth-order valence-corrected chi connectivity index (χ4v) is 2.12. The summed E-state index contributed by atoms with van der Waals surface area (Å²) in [7, 11) is 0. The molecule has 2 aromatic rings. The monoisotopic (exact) mass is 226 g/mol. The normalized spacial score (nSPS) is 10.4. The first-order valence-electron chi connectivity index (χ1n) is 3.96. The van der Waals surface area contributed by atoms with Crippen molar-refractivity contribution < 1.29 is 5.11 Å². The number of aromatic hydroxyl groups is 1. The van der Waals surface area contributed by atoms with Crippen LogP contribution < -0.4 is 0 Å². The quantitative estimate of drug-likeness (QED) is 0.813. The molecule has 0 fully saturated rings. The van der Waals surface area contributed by atoms with Gasteiger partial charge in [0, 0.05) is 5.56 Å². The van der Waals surface area contributed by atoms with E-state index in [0.29, 0.717) is 4.47 Å². The van der Waals surface area contributed by atoms with Crippen LogP contribution in [0.2, 0.25) is 4.47 Å². The predicted octanol–water partition coefficient (Wildman–Crippen LogP) is 2.87. The summed E-state index contributed by atoms with van der Waals surface area (Å²) in [5.74, 6) is 0.252. The maximum Gasteiger partial charge on any atom is 0.207 e. The molecule has 0 unspecified atom stereocenters. The van der Waals surface area contributed by atoms with Crippen molar-refractivity contribution in [3.05, 3.63) is 28.2 Å². The van der Waals surface area contributed by atoms with Gasteiger partial charge in [-0.1, -0.05) is 11.3 Å². The molecular weight excluding hydrogens is 220 g/mol. The number of benzene rings is 1. The molecule has 0 aliphatic carbocycles. The lowest BCUT2D eigenvalue weighted by molar-refractivity contribution is 0.475. The molecule has 0 bridgehead atoms. The number of phenolic OH excluding ortho intramolecular Hbond substituents is 1. The molecule has 0 aliphatic rings. The number of aromatic nitrogens is 2. The summed E-state index contributed by atoms with van der Waals surface area (Å²) in [6.45, 7) is 1.91. The summed E-state index contributed by atoms with van der Waals surface area (Å²) in [5, 5.41) is 17.7. The fraction of sp³-hybridized carbons (Fsp3) is 0.111. The molecule has 0 aliphatic heterocycles. The second-order valence-corrected chi connectivity index (χ2v) is 4.42. The molecule has 1 aromatic carbocycles. The van der Waals surface area contributed by atoms with Gasteiger partial charge >= 0.3 is 0 Å². The highest BCUT2D eigenvalue weighted by molar-refractivity contribution is 7.18. The molecular formula is C9H7ClN2OS. The summed E-state index contributed by atoms with van der Waals surface area (Å²) in [5.41, 5.74) is 1.91. The third-order valence-electron chi connectivity index (χ3n) is 1.84. The maximum absolute atomic E-state index is 9.23. The second kappa shape index (κ2) is 3.55. The van der Waals surface area contributed by atoms with Crippen molar-refractivity contribution >= 4 is 22.9 Å². The van der Waals surface area contributed by atoms with Gasteiger partial charge < -0.3 is 5.11 Å². The van der Waals surface area contributed by atoms with Gasteiger partial charge in [-0.15, -0.1) is 10.2 Å². The third kappa shape index (κ3) is 1.71. The molecule has 0 saturated heterocycles. The average Bonchev–Trinajstić information content (AvgIpc) is 2.51. The molecule has 2 rings (SSSR count). The van der Waals surface area contributed by atoms with Gasteiger partial charge in [0.1, 0.15) is 10.8 Å². The van der Waals surface area contributed by atoms with Gasteiger partial charge in [-0.3, -0.25) is 0 Å². The van der Waals surface area contributed by atoms with E-state index in [1.165, 1.54) is 11.3 Å². The first kappa shape index (κ1) is 9.43. The highest BCUT2D eigenvalue weighted by Gasteiger charge is 2.07. The minimum atomic E-state index is 0.252. The van der Waals surface area contributed by atoms with Crippen LogP contribution in [-0.2, 0) is 0 Å². The molecule has 72 valence electrons. The fourth-order valence-electron chi connectivity index (χ4n) is 1.20. The largest absolute Gasteiger partial charge is 0.508 e. The predicted molar refractivity (Wildman–Crippen MR) is 56.8 cm³/mol. The summed E-state index contributed by atoms with van der Waals surface area (Å²) in [4.78, 5) is 0. The topological polar surface area (TPSA) is 46.0 Å². The van der Waals surface area contributed by atoms with E-state index in [4.69, 9.17) is 11.6 Å². The lowest BCUT2D eigenvalue weighted by atomic mass is 10.1. The van der Waals surface area contributed by atoms with Crippen LogP contribution in [0, 0.1) is 6.92 Å². The van der Waals surface area contributed by atoms with Crippen molar-refractivity contribution in [2.24, 2.45) is 0 Å². The summed E-state index contributed by atoms with van der Waals surface area (Å²) in [6, 6.07) is 5.11. The minimum Gasteiger partial charge on any atom is -0.508 e. The molecule has 1 N–H and O–H groups in total. The van der Waals surface area contributed by atoms with E-state index in [1.807, 2.05) is 13.0 Å². The van der Waals surface area contributed by atoms with Crippen LogP contribution in [0.4, 0.5) is 0 Å². The Morgan fingerprint density at radius 2 is 2.14 bits per heavy atom. The van der Waals surface area contributed by atoms with E-state index in [-0.39, 0.29) is 5.75 Å². The number of phenols is 1. The lowest BCUT2D eigenvalue weighted by Crippen LogP contribution is -1.81. The van der Waals surface area contributed by atoms with Gasteiger partial charge in [-0.05, 0) is 42.3 Å². The lowest BCUT2D eigenvalue weighted by Gasteiger charge is -2.01. The molecule has 0 atom stereocenters. The number of nitrogens with zero attached hydrogens (tertiary/aromatic N) is 2. The van der Waals surface area contributed by atoms with E-state index in [1.54, 1.807) is 12.1 Å². The molecule has 14 heavy (non-hydrogen) atoms. The zero-order chi connectivity index (χ0) is 10.1. The first-order chi connectivity index (χ1) is 6.66. The molecule has 5 heteroatoms. The van der Waals surface area contributed by atoms with Crippen LogP contribution in [0.15, 0.2) is 18.2 Å². The van der Waals surface area contributed by atoms with Crippen molar-refractivity contribution in [3.63, 3.8) is 0 Å². The Labute approximate surface area is 90.0 Å². The van der Waals surface area contributed by atoms with Gasteiger partial charge in [-0.25, -0.2) is 0 Å². The SMILES string of the molecule is Cc1cc(O)ccc1-c1nnc(Cl)s1. The number of halogens is 1. The Morgan fingerprint density at radius 1 is 1.36 bits per heavy atom. The summed E-state index contributed by atoms with van der Waals surface area (Å²) < 4.78 is 0.424. The highest BCUT2D eigenvalue weighted by Crippen LogP contribution is 2.30. The molecule has 1 aromatic heterocycles. The highest BCUT2D eigenvalue weighted by atomic mass is 35.5. The van der Waals surface area contributed by atoms with E-state index >= 15 is 0 Å². The number of hydrogen-bond donors (Lipinski definition) is 1. The number of hydrogen-bond acceptors (Lipinski definition) is 4. The van der Waals surface area contributed by atoms with Crippen LogP contribution in [-0.4, -0.2) is 15.3 Å². The van der Waals surface area contributed by atoms with Crippen LogP contribution in [0.5, 0.6) is 5.75 Å². The van der Waals surface area contributed by atoms with Gasteiger partial charge in [-0.2, -0.15) is 0 Å². The number of aryl methyl sites for hydroxylation is 1. The van der Waals surface area contributed by atoms with Gasteiger partial charge in [0.2, 0.25) is 4.47 Å². The zero-order valence-corrected chi connectivity index (χ0v) is 8.93. The summed E-state index contributed by atoms with van der Waals surface area (Å²) >= 11 is 7.01. The minimum absolute atomic E-state index is 0.252. The Hall–Kier alpha value is -1.13. The summed E-state index contributed by atoms with van der Waals surface area (Å²) in [6.07, 6.45) is 0. The van der Waals surface area contributed by atoms with Crippen molar-refractivity contribution in [2.75, 3.05) is 0 Å². The maximum atomic E-state index is 9.23. The smallest absolute Gasteiger partial charge is 0.207 e.